The van der Waals surface area contributed by atoms with Crippen LogP contribution >= 0.6 is 0 Å². The first-order valence-electron chi connectivity index (χ1n) is 14.3. The number of carboxylic acids is 1. The number of aromatic nitrogens is 1. The molecule has 0 aliphatic rings. The van der Waals surface area contributed by atoms with Crippen molar-refractivity contribution in [2.45, 2.75) is 78.6 Å². The molecule has 0 saturated heterocycles. The number of phenols is 1. The minimum absolute atomic E-state index is 0.0514. The van der Waals surface area contributed by atoms with Crippen molar-refractivity contribution in [3.05, 3.63) is 88.7 Å². The molecule has 0 unspecified atom stereocenters. The molecule has 40 heavy (non-hydrogen) atoms. The Morgan fingerprint density at radius 3 is 2.33 bits per heavy atom. The number of carboxylic acid groups (broad SMARTS) is 1. The van der Waals surface area contributed by atoms with E-state index < -0.39 is 11.4 Å². The van der Waals surface area contributed by atoms with Crippen LogP contribution in [0.25, 0.3) is 12.2 Å². The summed E-state index contributed by atoms with van der Waals surface area (Å²) in [5, 5.41) is 22.1. The molecule has 6 nitrogen and oxygen atoms in total. The molecule has 1 amide bonds. The van der Waals surface area contributed by atoms with Crippen molar-refractivity contribution in [2.75, 3.05) is 5.32 Å². The summed E-state index contributed by atoms with van der Waals surface area (Å²) in [5.41, 5.74) is 4.69. The van der Waals surface area contributed by atoms with Crippen molar-refractivity contribution in [1.82, 2.24) is 4.98 Å². The molecule has 1 heterocycles. The normalized spacial score (nSPS) is 11.6. The Kier molecular flexibility index (Phi) is 11.5. The molecule has 0 radical (unpaired) electrons. The van der Waals surface area contributed by atoms with E-state index in [1.807, 2.05) is 55.5 Å². The van der Waals surface area contributed by atoms with Crippen molar-refractivity contribution >= 4 is 29.7 Å². The number of hydrogen-bond donors (Lipinski definition) is 3. The third-order valence-corrected chi connectivity index (χ3v) is 7.66. The number of pyridine rings is 1. The van der Waals surface area contributed by atoms with Crippen LogP contribution < -0.4 is 5.32 Å². The zero-order valence-electron chi connectivity index (χ0n) is 24.0. The van der Waals surface area contributed by atoms with Gasteiger partial charge in [0, 0.05) is 17.8 Å². The SMILES string of the molecule is CCC(CC)(CC(=O)Nc1cccc(/C=C/c2cccc(CCCCCCc3ccc(O)c(C)c3)n2)c1)C(=O)O. The lowest BCUT2D eigenvalue weighted by Crippen LogP contribution is -2.34. The first kappa shape index (κ1) is 30.6. The third kappa shape index (κ3) is 9.08. The molecule has 0 aliphatic heterocycles. The van der Waals surface area contributed by atoms with Gasteiger partial charge in [-0.3, -0.25) is 14.6 Å². The molecule has 0 saturated carbocycles. The number of aryl methyl sites for hydroxylation is 3. The minimum Gasteiger partial charge on any atom is -0.508 e. The van der Waals surface area contributed by atoms with E-state index in [0.717, 1.165) is 54.6 Å². The number of benzene rings is 2. The number of nitrogens with one attached hydrogen (secondary N) is 1. The summed E-state index contributed by atoms with van der Waals surface area (Å²) >= 11 is 0. The lowest BCUT2D eigenvalue weighted by Gasteiger charge is -2.25. The Balaban J connectivity index is 1.47. The van der Waals surface area contributed by atoms with Crippen LogP contribution in [0.1, 0.15) is 86.9 Å². The number of carbonyl (C=O) groups is 2. The summed E-state index contributed by atoms with van der Waals surface area (Å²) in [5.74, 6) is -0.868. The van der Waals surface area contributed by atoms with Crippen LogP contribution in [-0.4, -0.2) is 27.1 Å². The van der Waals surface area contributed by atoms with Gasteiger partial charge in [-0.2, -0.15) is 0 Å². The maximum absolute atomic E-state index is 12.6. The number of phenolic OH excluding ortho intramolecular Hbond substituents is 1. The molecule has 3 rings (SSSR count). The second kappa shape index (κ2) is 15.0. The summed E-state index contributed by atoms with van der Waals surface area (Å²) in [6, 6.07) is 19.4. The van der Waals surface area contributed by atoms with Crippen LogP contribution in [0.15, 0.2) is 60.7 Å². The van der Waals surface area contributed by atoms with Crippen LogP contribution in [-0.2, 0) is 22.4 Å². The lowest BCUT2D eigenvalue weighted by atomic mass is 9.79. The van der Waals surface area contributed by atoms with Gasteiger partial charge in [-0.05, 0) is 98.5 Å². The van der Waals surface area contributed by atoms with Crippen molar-refractivity contribution in [3.8, 4) is 5.75 Å². The van der Waals surface area contributed by atoms with E-state index >= 15 is 0 Å². The van der Waals surface area contributed by atoms with Gasteiger partial charge in [0.1, 0.15) is 5.75 Å². The monoisotopic (exact) mass is 542 g/mol. The maximum atomic E-state index is 12.6. The summed E-state index contributed by atoms with van der Waals surface area (Å²) in [6.07, 6.45) is 11.2. The Morgan fingerprint density at radius 1 is 0.900 bits per heavy atom. The lowest BCUT2D eigenvalue weighted by molar-refractivity contribution is -0.151. The quantitative estimate of drug-likeness (QED) is 0.170. The van der Waals surface area contributed by atoms with Gasteiger partial charge in [-0.25, -0.2) is 0 Å². The highest BCUT2D eigenvalue weighted by molar-refractivity contribution is 5.94. The van der Waals surface area contributed by atoms with E-state index in [1.165, 1.54) is 12.0 Å². The van der Waals surface area contributed by atoms with Crippen molar-refractivity contribution in [1.29, 1.82) is 0 Å². The molecular formula is C34H42N2O4. The fourth-order valence-corrected chi connectivity index (χ4v) is 4.88. The molecule has 0 aliphatic carbocycles. The molecule has 0 spiro atoms. The summed E-state index contributed by atoms with van der Waals surface area (Å²) in [7, 11) is 0. The van der Waals surface area contributed by atoms with E-state index in [-0.39, 0.29) is 12.3 Å². The van der Waals surface area contributed by atoms with Gasteiger partial charge < -0.3 is 15.5 Å². The molecule has 0 fully saturated rings. The minimum atomic E-state index is -1.04. The highest BCUT2D eigenvalue weighted by Crippen LogP contribution is 2.31. The van der Waals surface area contributed by atoms with Crippen LogP contribution in [0.5, 0.6) is 5.75 Å². The molecule has 1 aromatic heterocycles. The van der Waals surface area contributed by atoms with Crippen LogP contribution in [0, 0.1) is 12.3 Å². The van der Waals surface area contributed by atoms with Gasteiger partial charge in [-0.1, -0.05) is 63.1 Å². The van der Waals surface area contributed by atoms with Crippen LogP contribution in [0.3, 0.4) is 0 Å². The van der Waals surface area contributed by atoms with Gasteiger partial charge in [0.2, 0.25) is 5.91 Å². The summed E-state index contributed by atoms with van der Waals surface area (Å²) in [4.78, 5) is 29.1. The molecule has 2 aromatic carbocycles. The van der Waals surface area contributed by atoms with Crippen LogP contribution in [0.2, 0.25) is 0 Å². The predicted molar refractivity (Wildman–Crippen MR) is 162 cm³/mol. The van der Waals surface area contributed by atoms with Gasteiger partial charge in [0.05, 0.1) is 11.1 Å². The van der Waals surface area contributed by atoms with Gasteiger partial charge in [-0.15, -0.1) is 0 Å². The fourth-order valence-electron chi connectivity index (χ4n) is 4.88. The van der Waals surface area contributed by atoms with Crippen molar-refractivity contribution in [3.63, 3.8) is 0 Å². The maximum Gasteiger partial charge on any atom is 0.310 e. The second-order valence-electron chi connectivity index (χ2n) is 10.6. The predicted octanol–water partition coefficient (Wildman–Crippen LogP) is 7.83. The van der Waals surface area contributed by atoms with E-state index in [1.54, 1.807) is 26.0 Å². The molecular weight excluding hydrogens is 500 g/mol. The number of aliphatic carboxylic acids is 1. The van der Waals surface area contributed by atoms with Gasteiger partial charge >= 0.3 is 5.97 Å². The van der Waals surface area contributed by atoms with Gasteiger partial charge in [0.25, 0.3) is 0 Å². The number of amides is 1. The largest absolute Gasteiger partial charge is 0.508 e. The van der Waals surface area contributed by atoms with E-state index in [4.69, 9.17) is 4.98 Å². The van der Waals surface area contributed by atoms with Crippen molar-refractivity contribution < 1.29 is 19.8 Å². The van der Waals surface area contributed by atoms with Gasteiger partial charge in [0.15, 0.2) is 0 Å². The molecule has 212 valence electrons. The highest BCUT2D eigenvalue weighted by Gasteiger charge is 2.37. The first-order valence-corrected chi connectivity index (χ1v) is 14.3. The van der Waals surface area contributed by atoms with E-state index in [0.29, 0.717) is 24.3 Å². The van der Waals surface area contributed by atoms with Crippen molar-refractivity contribution in [2.24, 2.45) is 5.41 Å². The number of unbranched alkanes of at least 4 members (excludes halogenated alkanes) is 3. The number of nitrogens with zero attached hydrogens (tertiary/aromatic N) is 1. The Hall–Kier alpha value is -3.93. The molecule has 3 aromatic rings. The van der Waals surface area contributed by atoms with E-state index in [9.17, 15) is 19.8 Å². The Morgan fingerprint density at radius 2 is 1.62 bits per heavy atom. The van der Waals surface area contributed by atoms with Crippen LogP contribution in [0.4, 0.5) is 5.69 Å². The average molecular weight is 543 g/mol. The summed E-state index contributed by atoms with van der Waals surface area (Å²) in [6.45, 7) is 5.55. The smallest absolute Gasteiger partial charge is 0.310 e. The fraction of sp³-hybridized carbons (Fsp3) is 0.382. The second-order valence-corrected chi connectivity index (χ2v) is 10.6. The first-order chi connectivity index (χ1) is 19.2. The number of anilines is 1. The topological polar surface area (TPSA) is 99.5 Å². The highest BCUT2D eigenvalue weighted by atomic mass is 16.4. The van der Waals surface area contributed by atoms with E-state index in [2.05, 4.69) is 17.4 Å². The Labute approximate surface area is 238 Å². The number of hydrogen-bond acceptors (Lipinski definition) is 4. The summed E-state index contributed by atoms with van der Waals surface area (Å²) < 4.78 is 0. The average Bonchev–Trinajstić information content (AvgIpc) is 2.94. The molecule has 0 bridgehead atoms. The molecule has 3 N–H and O–H groups in total. The standard InChI is InChI=1S/C34H42N2O4/c1-4-34(5-2,33(39)40)24-32(38)36-30-17-10-13-27(23-30)18-20-29-16-11-15-28(35-29)14-9-7-6-8-12-26-19-21-31(37)25(3)22-26/h10-11,13,15-23,37H,4-9,12,14,24H2,1-3H3,(H,36,38)(H,39,40)/b20-18+. The number of aromatic hydroxyl groups is 1. The number of carbonyl (C=O) groups excluding carboxylic acids is 1. The zero-order chi connectivity index (χ0) is 29.0. The molecule has 6 heteroatoms. The Bertz CT molecular complexity index is 1310. The number of rotatable bonds is 15. The zero-order valence-corrected chi connectivity index (χ0v) is 24.0. The third-order valence-electron chi connectivity index (χ3n) is 7.66. The molecule has 0 atom stereocenters.